The first-order valence-corrected chi connectivity index (χ1v) is 8.91. The summed E-state index contributed by atoms with van der Waals surface area (Å²) < 4.78 is 11.4. The smallest absolute Gasteiger partial charge is 0.348 e. The molecule has 6 heteroatoms. The number of methoxy groups -OCH3 is 1. The van der Waals surface area contributed by atoms with Crippen molar-refractivity contribution in [3.05, 3.63) is 65.0 Å². The van der Waals surface area contributed by atoms with E-state index >= 15 is 0 Å². The van der Waals surface area contributed by atoms with Crippen LogP contribution in [0, 0.1) is 0 Å². The molecule has 0 radical (unpaired) electrons. The second-order valence-electron chi connectivity index (χ2n) is 5.83. The number of likely N-dealkylation sites (N-methyl/N-ethyl adjacent to an activating group) is 1. The second kappa shape index (κ2) is 8.01. The summed E-state index contributed by atoms with van der Waals surface area (Å²) in [6.45, 7) is 0.129. The Kier molecular flexibility index (Phi) is 5.53. The quantitative estimate of drug-likeness (QED) is 0.622. The van der Waals surface area contributed by atoms with Gasteiger partial charge in [-0.1, -0.05) is 30.3 Å². The van der Waals surface area contributed by atoms with Crippen molar-refractivity contribution in [1.29, 1.82) is 0 Å². The summed E-state index contributed by atoms with van der Waals surface area (Å²) in [5, 5.41) is 0.992. The van der Waals surface area contributed by atoms with Crippen LogP contribution >= 0.6 is 11.3 Å². The molecule has 26 heavy (non-hydrogen) atoms. The minimum Gasteiger partial charge on any atom is -0.497 e. The molecule has 0 aliphatic rings. The molecule has 1 amide bonds. The topological polar surface area (TPSA) is 55.8 Å². The molecule has 0 unspecified atom stereocenters. The SMILES string of the molecule is COc1cccc(CN(C)C(=O)COC(=O)c2cc3ccccc3s2)c1. The first-order valence-electron chi connectivity index (χ1n) is 8.09. The summed E-state index contributed by atoms with van der Waals surface area (Å²) >= 11 is 1.36. The summed E-state index contributed by atoms with van der Waals surface area (Å²) in [7, 11) is 3.27. The highest BCUT2D eigenvalue weighted by molar-refractivity contribution is 7.20. The second-order valence-corrected chi connectivity index (χ2v) is 6.91. The zero-order chi connectivity index (χ0) is 18.5. The molecule has 0 bridgehead atoms. The van der Waals surface area contributed by atoms with Gasteiger partial charge in [-0.25, -0.2) is 4.79 Å². The number of amides is 1. The molecule has 134 valence electrons. The Morgan fingerprint density at radius 1 is 1.08 bits per heavy atom. The summed E-state index contributed by atoms with van der Waals surface area (Å²) in [5.41, 5.74) is 0.941. The molecule has 1 aromatic heterocycles. The van der Waals surface area contributed by atoms with Gasteiger partial charge >= 0.3 is 5.97 Å². The summed E-state index contributed by atoms with van der Waals surface area (Å²) in [6, 6.07) is 17.0. The van der Waals surface area contributed by atoms with Crippen molar-refractivity contribution in [2.45, 2.75) is 6.54 Å². The normalized spacial score (nSPS) is 10.5. The number of ether oxygens (including phenoxy) is 2. The molecule has 2 aromatic carbocycles. The van der Waals surface area contributed by atoms with E-state index < -0.39 is 5.97 Å². The van der Waals surface area contributed by atoms with E-state index in [1.807, 2.05) is 48.5 Å². The number of thiophene rings is 1. The molecule has 0 saturated carbocycles. The highest BCUT2D eigenvalue weighted by Crippen LogP contribution is 2.25. The molecule has 0 aliphatic carbocycles. The van der Waals surface area contributed by atoms with E-state index in [0.29, 0.717) is 11.4 Å². The largest absolute Gasteiger partial charge is 0.497 e. The number of rotatable bonds is 6. The third kappa shape index (κ3) is 4.21. The molecule has 0 fully saturated rings. The van der Waals surface area contributed by atoms with Crippen LogP contribution in [0.4, 0.5) is 0 Å². The van der Waals surface area contributed by atoms with Gasteiger partial charge in [-0.05, 0) is 35.2 Å². The number of nitrogens with zero attached hydrogens (tertiary/aromatic N) is 1. The molecular weight excluding hydrogens is 350 g/mol. The van der Waals surface area contributed by atoms with Crippen molar-refractivity contribution in [3.63, 3.8) is 0 Å². The Morgan fingerprint density at radius 2 is 1.88 bits per heavy atom. The van der Waals surface area contributed by atoms with Gasteiger partial charge in [0.05, 0.1) is 7.11 Å². The molecule has 0 saturated heterocycles. The number of carbonyl (C=O) groups excluding carboxylic acids is 2. The molecular formula is C20H19NO4S. The van der Waals surface area contributed by atoms with Crippen molar-refractivity contribution in [3.8, 4) is 5.75 Å². The van der Waals surface area contributed by atoms with Crippen molar-refractivity contribution in [2.75, 3.05) is 20.8 Å². The Morgan fingerprint density at radius 3 is 2.65 bits per heavy atom. The first-order chi connectivity index (χ1) is 12.6. The average molecular weight is 369 g/mol. The lowest BCUT2D eigenvalue weighted by atomic mass is 10.2. The van der Waals surface area contributed by atoms with Crippen molar-refractivity contribution >= 4 is 33.3 Å². The number of hydrogen-bond acceptors (Lipinski definition) is 5. The fraction of sp³-hybridized carbons (Fsp3) is 0.200. The molecule has 1 heterocycles. The van der Waals surface area contributed by atoms with Crippen molar-refractivity contribution in [2.24, 2.45) is 0 Å². The highest BCUT2D eigenvalue weighted by atomic mass is 32.1. The zero-order valence-electron chi connectivity index (χ0n) is 14.6. The molecule has 3 aromatic rings. The lowest BCUT2D eigenvalue weighted by molar-refractivity contribution is -0.133. The predicted octanol–water partition coefficient (Wildman–Crippen LogP) is 3.73. The van der Waals surface area contributed by atoms with Crippen LogP contribution in [0.2, 0.25) is 0 Å². The van der Waals surface area contributed by atoms with Gasteiger partial charge in [-0.15, -0.1) is 11.3 Å². The molecule has 0 aliphatic heterocycles. The fourth-order valence-electron chi connectivity index (χ4n) is 2.52. The lowest BCUT2D eigenvalue weighted by Gasteiger charge is -2.17. The Bertz CT molecular complexity index is 901. The van der Waals surface area contributed by atoms with E-state index in [1.54, 1.807) is 20.2 Å². The van der Waals surface area contributed by atoms with Gasteiger partial charge in [-0.3, -0.25) is 4.79 Å². The minimum absolute atomic E-state index is 0.262. The van der Waals surface area contributed by atoms with E-state index in [-0.39, 0.29) is 12.5 Å². The van der Waals surface area contributed by atoms with Gasteiger partial charge in [0.2, 0.25) is 0 Å². The summed E-state index contributed by atoms with van der Waals surface area (Å²) in [6.07, 6.45) is 0. The Labute approximate surface area is 155 Å². The standard InChI is InChI=1S/C20H19NO4S/c1-21(12-14-6-5-8-16(10-14)24-2)19(22)13-25-20(23)18-11-15-7-3-4-9-17(15)26-18/h3-11H,12-13H2,1-2H3. The average Bonchev–Trinajstić information content (AvgIpc) is 3.10. The van der Waals surface area contributed by atoms with Gasteiger partial charge in [-0.2, -0.15) is 0 Å². The van der Waals surface area contributed by atoms with Crippen LogP contribution in [0.25, 0.3) is 10.1 Å². The van der Waals surface area contributed by atoms with Gasteiger partial charge in [0.25, 0.3) is 5.91 Å². The van der Waals surface area contributed by atoms with Crippen LogP contribution in [0.3, 0.4) is 0 Å². The van der Waals surface area contributed by atoms with E-state index in [4.69, 9.17) is 9.47 Å². The molecule has 0 atom stereocenters. The van der Waals surface area contributed by atoms with Crippen molar-refractivity contribution < 1.29 is 19.1 Å². The first kappa shape index (κ1) is 17.9. The lowest BCUT2D eigenvalue weighted by Crippen LogP contribution is -2.30. The summed E-state index contributed by atoms with van der Waals surface area (Å²) in [5.74, 6) is -0.00357. The van der Waals surface area contributed by atoms with E-state index in [1.165, 1.54) is 16.2 Å². The Balaban J connectivity index is 1.56. The van der Waals surface area contributed by atoms with Crippen LogP contribution < -0.4 is 4.74 Å². The number of fused-ring (bicyclic) bond motifs is 1. The monoisotopic (exact) mass is 369 g/mol. The zero-order valence-corrected chi connectivity index (χ0v) is 15.4. The van der Waals surface area contributed by atoms with Gasteiger partial charge < -0.3 is 14.4 Å². The van der Waals surface area contributed by atoms with E-state index in [0.717, 1.165) is 21.4 Å². The van der Waals surface area contributed by atoms with Crippen LogP contribution in [-0.4, -0.2) is 37.5 Å². The van der Waals surface area contributed by atoms with Crippen molar-refractivity contribution in [1.82, 2.24) is 4.90 Å². The fourth-order valence-corrected chi connectivity index (χ4v) is 3.48. The molecule has 0 spiro atoms. The maximum absolute atomic E-state index is 12.2. The predicted molar refractivity (Wildman–Crippen MR) is 102 cm³/mol. The third-order valence-corrected chi connectivity index (χ3v) is 5.03. The molecule has 5 nitrogen and oxygen atoms in total. The van der Waals surface area contributed by atoms with Crippen LogP contribution in [0.15, 0.2) is 54.6 Å². The number of hydrogen-bond donors (Lipinski definition) is 0. The van der Waals surface area contributed by atoms with Crippen LogP contribution in [0.5, 0.6) is 5.75 Å². The van der Waals surface area contributed by atoms with Crippen LogP contribution in [0.1, 0.15) is 15.2 Å². The van der Waals surface area contributed by atoms with E-state index in [9.17, 15) is 9.59 Å². The van der Waals surface area contributed by atoms with Gasteiger partial charge in [0.1, 0.15) is 10.6 Å². The van der Waals surface area contributed by atoms with Gasteiger partial charge in [0.15, 0.2) is 6.61 Å². The maximum atomic E-state index is 12.2. The highest BCUT2D eigenvalue weighted by Gasteiger charge is 2.16. The third-order valence-electron chi connectivity index (χ3n) is 3.93. The molecule has 3 rings (SSSR count). The molecule has 0 N–H and O–H groups in total. The van der Waals surface area contributed by atoms with E-state index in [2.05, 4.69) is 0 Å². The number of esters is 1. The van der Waals surface area contributed by atoms with Gasteiger partial charge in [0, 0.05) is 18.3 Å². The minimum atomic E-state index is -0.477. The van der Waals surface area contributed by atoms with Crippen LogP contribution in [-0.2, 0) is 16.1 Å². The number of benzene rings is 2. The maximum Gasteiger partial charge on any atom is 0.348 e. The summed E-state index contributed by atoms with van der Waals surface area (Å²) in [4.78, 5) is 26.4. The Hall–Kier alpha value is -2.86. The number of carbonyl (C=O) groups is 2.